The molecule has 186 valence electrons. The fourth-order valence-electron chi connectivity index (χ4n) is 3.77. The molecule has 3 aromatic rings. The minimum Gasteiger partial charge on any atom is -0.492 e. The van der Waals surface area contributed by atoms with E-state index >= 15 is 0 Å². The number of nitrogens with two attached hydrogens (primary N) is 2. The number of rotatable bonds is 7. The monoisotopic (exact) mass is 502 g/mol. The first-order chi connectivity index (χ1) is 16.7. The van der Waals surface area contributed by atoms with Crippen molar-refractivity contribution >= 4 is 27.1 Å². The third-order valence-corrected chi connectivity index (χ3v) is 5.99. The number of benzene rings is 1. The Labute approximate surface area is 202 Å². The second-order valence-electron chi connectivity index (χ2n) is 7.94. The Bertz CT molecular complexity index is 1380. The summed E-state index contributed by atoms with van der Waals surface area (Å²) in [4.78, 5) is 8.31. The van der Waals surface area contributed by atoms with E-state index in [9.17, 15) is 18.6 Å². The van der Waals surface area contributed by atoms with E-state index in [1.54, 1.807) is 6.20 Å². The van der Waals surface area contributed by atoms with E-state index in [1.165, 1.54) is 10.9 Å². The number of aromatic nitrogens is 3. The third-order valence-electron chi connectivity index (χ3n) is 5.42. The van der Waals surface area contributed by atoms with Crippen molar-refractivity contribution in [2.75, 3.05) is 18.9 Å². The number of aliphatic hydroxyl groups excluding tert-OH is 2. The lowest BCUT2D eigenvalue weighted by atomic mass is 10.1. The zero-order chi connectivity index (χ0) is 25.2. The van der Waals surface area contributed by atoms with Gasteiger partial charge in [-0.15, -0.1) is 0 Å². The van der Waals surface area contributed by atoms with Crippen molar-refractivity contribution in [3.63, 3.8) is 0 Å². The second-order valence-corrected chi connectivity index (χ2v) is 9.32. The Morgan fingerprint density at radius 3 is 2.69 bits per heavy atom. The fraction of sp³-hybridized carbons (Fsp3) is 0.364. The summed E-state index contributed by atoms with van der Waals surface area (Å²) in [5, 5.41) is 26.5. The molecule has 4 atom stereocenters. The number of fused-ring (bicyclic) bond motifs is 1. The number of anilines is 1. The lowest BCUT2D eigenvalue weighted by Crippen LogP contribution is -2.42. The van der Waals surface area contributed by atoms with Crippen LogP contribution < -0.4 is 20.3 Å². The Kier molecular flexibility index (Phi) is 7.22. The molecule has 3 heterocycles. The Morgan fingerprint density at radius 1 is 1.20 bits per heavy atom. The average molecular weight is 503 g/mol. The summed E-state index contributed by atoms with van der Waals surface area (Å²) in [6, 6.07) is 7.38. The highest BCUT2D eigenvalue weighted by molar-refractivity contribution is 7.87. The summed E-state index contributed by atoms with van der Waals surface area (Å²) >= 11 is 0. The average Bonchev–Trinajstić information content (AvgIpc) is 3.33. The van der Waals surface area contributed by atoms with Crippen LogP contribution in [0.5, 0.6) is 5.75 Å². The van der Waals surface area contributed by atoms with Gasteiger partial charge in [-0.2, -0.15) is 13.1 Å². The molecule has 1 aliphatic rings. The van der Waals surface area contributed by atoms with Crippen molar-refractivity contribution in [1.29, 1.82) is 0 Å². The number of hydrogen-bond donors (Lipinski definition) is 5. The van der Waals surface area contributed by atoms with Gasteiger partial charge in [-0.1, -0.05) is 30.9 Å². The lowest BCUT2D eigenvalue weighted by molar-refractivity contribution is -0.0327. The maximum Gasteiger partial charge on any atom is 0.274 e. The van der Waals surface area contributed by atoms with Gasteiger partial charge in [0.05, 0.1) is 23.1 Å². The van der Waals surface area contributed by atoms with Gasteiger partial charge in [-0.25, -0.2) is 15.1 Å². The van der Waals surface area contributed by atoms with Gasteiger partial charge in [0, 0.05) is 12.7 Å². The molecule has 0 unspecified atom stereocenters. The van der Waals surface area contributed by atoms with Crippen LogP contribution >= 0.6 is 0 Å². The molecule has 12 nitrogen and oxygen atoms in total. The van der Waals surface area contributed by atoms with E-state index in [1.807, 2.05) is 31.2 Å². The van der Waals surface area contributed by atoms with Crippen LogP contribution in [0.1, 0.15) is 30.7 Å². The highest BCUT2D eigenvalue weighted by atomic mass is 32.2. The third kappa shape index (κ3) is 5.38. The molecule has 1 aliphatic heterocycles. The van der Waals surface area contributed by atoms with Crippen molar-refractivity contribution in [3.05, 3.63) is 47.9 Å². The maximum absolute atomic E-state index is 11.2. The molecule has 0 radical (unpaired) electrons. The van der Waals surface area contributed by atoms with Crippen molar-refractivity contribution in [2.45, 2.75) is 37.9 Å². The SMILES string of the molecule is CCCOc1ccccc1C#Cc1cn([C@@H]2O[C@H](CNS(N)(=O)=O)[C@@H](O)[C@H]2O)c2ncnc(N)c12. The maximum atomic E-state index is 11.2. The zero-order valence-electron chi connectivity index (χ0n) is 18.8. The first kappa shape index (κ1) is 24.9. The van der Waals surface area contributed by atoms with E-state index in [4.69, 9.17) is 20.3 Å². The molecule has 35 heavy (non-hydrogen) atoms. The summed E-state index contributed by atoms with van der Waals surface area (Å²) in [6.07, 6.45) is -1.22. The van der Waals surface area contributed by atoms with E-state index < -0.39 is 34.7 Å². The van der Waals surface area contributed by atoms with Crippen LogP contribution in [0.2, 0.25) is 0 Å². The summed E-state index contributed by atoms with van der Waals surface area (Å²) in [5.41, 5.74) is 7.60. The van der Waals surface area contributed by atoms with Gasteiger partial charge >= 0.3 is 0 Å². The van der Waals surface area contributed by atoms with Crippen molar-refractivity contribution in [3.8, 4) is 17.6 Å². The molecular weight excluding hydrogens is 476 g/mol. The minimum atomic E-state index is -4.01. The molecule has 2 aromatic heterocycles. The first-order valence-corrected chi connectivity index (χ1v) is 12.4. The molecule has 13 heteroatoms. The Balaban J connectivity index is 1.71. The number of nitrogen functional groups attached to an aromatic ring is 1. The van der Waals surface area contributed by atoms with Gasteiger partial charge in [0.2, 0.25) is 0 Å². The predicted octanol–water partition coefficient (Wildman–Crippen LogP) is -0.386. The molecule has 0 saturated carbocycles. The first-order valence-electron chi connectivity index (χ1n) is 10.8. The molecule has 4 rings (SSSR count). The lowest BCUT2D eigenvalue weighted by Gasteiger charge is -2.17. The number of nitrogens with zero attached hydrogens (tertiary/aromatic N) is 3. The molecule has 0 bridgehead atoms. The molecule has 1 fully saturated rings. The molecule has 1 aromatic carbocycles. The zero-order valence-corrected chi connectivity index (χ0v) is 19.6. The van der Waals surface area contributed by atoms with E-state index in [0.717, 1.165) is 6.42 Å². The number of para-hydroxylation sites is 1. The molecular formula is C22H26N6O6S. The van der Waals surface area contributed by atoms with Gasteiger partial charge in [0.15, 0.2) is 6.23 Å². The highest BCUT2D eigenvalue weighted by Crippen LogP contribution is 2.34. The summed E-state index contributed by atoms with van der Waals surface area (Å²) in [5.74, 6) is 6.98. The molecule has 0 spiro atoms. The van der Waals surface area contributed by atoms with Crippen LogP contribution in [-0.4, -0.2) is 64.6 Å². The molecule has 1 saturated heterocycles. The number of hydrogen-bond acceptors (Lipinski definition) is 9. The van der Waals surface area contributed by atoms with Crippen molar-refractivity contribution in [1.82, 2.24) is 19.3 Å². The number of ether oxygens (including phenoxy) is 2. The van der Waals surface area contributed by atoms with Crippen LogP contribution in [-0.2, 0) is 14.9 Å². The van der Waals surface area contributed by atoms with Crippen LogP contribution in [0.4, 0.5) is 5.82 Å². The van der Waals surface area contributed by atoms with Gasteiger partial charge in [-0.05, 0) is 18.6 Å². The largest absolute Gasteiger partial charge is 0.492 e. The van der Waals surface area contributed by atoms with Crippen LogP contribution in [0.15, 0.2) is 36.8 Å². The summed E-state index contributed by atoms with van der Waals surface area (Å²) < 4.78 is 37.5. The number of aliphatic hydroxyl groups is 2. The van der Waals surface area contributed by atoms with Crippen molar-refractivity contribution in [2.24, 2.45) is 5.14 Å². The topological polar surface area (TPSA) is 188 Å². The quantitative estimate of drug-likeness (QED) is 0.268. The van der Waals surface area contributed by atoms with Crippen molar-refractivity contribution < 1.29 is 28.1 Å². The normalized spacial score (nSPS) is 22.2. The standard InChI is InChI=1S/C22H26N6O6S/c1-2-9-33-15-6-4-3-5-13(15)7-8-14-11-28(21-17(14)20(23)25-12-26-21)22-19(30)18(29)16(34-22)10-27-35(24,31)32/h3-6,11-12,16,18-19,22,27,29-30H,2,9-10H2,1H3,(H2,23,25,26)(H2,24,31,32)/t16-,18-,19-,22-/m1/s1. The summed E-state index contributed by atoms with van der Waals surface area (Å²) in [6.45, 7) is 2.24. The van der Waals surface area contributed by atoms with Gasteiger partial charge in [0.25, 0.3) is 10.2 Å². The minimum absolute atomic E-state index is 0.175. The number of nitrogens with one attached hydrogen (secondary N) is 1. The predicted molar refractivity (Wildman–Crippen MR) is 127 cm³/mol. The molecule has 7 N–H and O–H groups in total. The van der Waals surface area contributed by atoms with Gasteiger partial charge in [0.1, 0.15) is 41.9 Å². The molecule has 0 amide bonds. The van der Waals surface area contributed by atoms with E-state index in [-0.39, 0.29) is 12.4 Å². The van der Waals surface area contributed by atoms with Gasteiger partial charge < -0.3 is 30.0 Å². The highest BCUT2D eigenvalue weighted by Gasteiger charge is 2.44. The Morgan fingerprint density at radius 2 is 1.94 bits per heavy atom. The van der Waals surface area contributed by atoms with Gasteiger partial charge in [-0.3, -0.25) is 0 Å². The van der Waals surface area contributed by atoms with E-state index in [0.29, 0.717) is 34.5 Å². The fourth-order valence-corrected chi connectivity index (χ4v) is 4.16. The summed E-state index contributed by atoms with van der Waals surface area (Å²) in [7, 11) is -4.01. The van der Waals surface area contributed by atoms with Crippen LogP contribution in [0.3, 0.4) is 0 Å². The van der Waals surface area contributed by atoms with E-state index in [2.05, 4.69) is 26.5 Å². The van der Waals surface area contributed by atoms with Crippen LogP contribution in [0, 0.1) is 11.8 Å². The van der Waals surface area contributed by atoms with Crippen LogP contribution in [0.25, 0.3) is 11.0 Å². The smallest absolute Gasteiger partial charge is 0.274 e. The second kappa shape index (κ2) is 10.2. The Hall–Kier alpha value is -3.25. The molecule has 0 aliphatic carbocycles.